The minimum absolute atomic E-state index is 0.00182. The minimum atomic E-state index is -0.855. The Morgan fingerprint density at radius 2 is 2.22 bits per heavy atom. The van der Waals surface area contributed by atoms with Gasteiger partial charge in [0.15, 0.2) is 0 Å². The summed E-state index contributed by atoms with van der Waals surface area (Å²) < 4.78 is 12.5. The lowest BCUT2D eigenvalue weighted by molar-refractivity contribution is -0.384. The van der Waals surface area contributed by atoms with E-state index in [9.17, 15) is 14.3 Å². The maximum absolute atomic E-state index is 11.0. The Labute approximate surface area is 108 Å². The Bertz CT molecular complexity index is 472. The summed E-state index contributed by atoms with van der Waals surface area (Å²) in [5.41, 5.74) is 0.387. The number of nitrogens with one attached hydrogen (secondary N) is 1. The predicted octanol–water partition coefficient (Wildman–Crippen LogP) is 1.21. The van der Waals surface area contributed by atoms with Gasteiger partial charge in [-0.3, -0.25) is 14.3 Å². The van der Waals surface area contributed by atoms with Crippen molar-refractivity contribution in [2.75, 3.05) is 17.3 Å². The van der Waals surface area contributed by atoms with Gasteiger partial charge in [0, 0.05) is 35.9 Å². The molecule has 1 heterocycles. The number of aromatic nitrogens is 2. The molecule has 0 fully saturated rings. The highest BCUT2D eigenvalue weighted by atomic mass is 32.2. The van der Waals surface area contributed by atoms with Crippen LogP contribution in [0.5, 0.6) is 0 Å². The molecule has 0 spiro atoms. The van der Waals surface area contributed by atoms with Gasteiger partial charge in [0.1, 0.15) is 5.69 Å². The van der Waals surface area contributed by atoms with Gasteiger partial charge in [-0.25, -0.2) is 4.68 Å². The van der Waals surface area contributed by atoms with Crippen molar-refractivity contribution in [1.82, 2.24) is 9.78 Å². The molecule has 102 valence electrons. The van der Waals surface area contributed by atoms with E-state index in [-0.39, 0.29) is 11.7 Å². The topological polar surface area (TPSA) is 90.1 Å². The molecule has 0 saturated heterocycles. The smallest absolute Gasteiger partial charge is 0.333 e. The van der Waals surface area contributed by atoms with Crippen molar-refractivity contribution >= 4 is 22.3 Å². The summed E-state index contributed by atoms with van der Waals surface area (Å²) in [6.45, 7) is 3.51. The zero-order valence-electron chi connectivity index (χ0n) is 11.0. The summed E-state index contributed by atoms with van der Waals surface area (Å²) in [5, 5.41) is 18.1. The standard InChI is InChI=1S/C10H18N4O3S/c1-7(5-6-18(4)17)11-10-9(14(15)16)8(2)12-13(10)3/h7,11H,5-6H2,1-4H3. The monoisotopic (exact) mass is 274 g/mol. The average molecular weight is 274 g/mol. The van der Waals surface area contributed by atoms with Crippen LogP contribution in [0.15, 0.2) is 0 Å². The van der Waals surface area contributed by atoms with Crippen molar-refractivity contribution in [2.24, 2.45) is 7.05 Å². The van der Waals surface area contributed by atoms with E-state index in [2.05, 4.69) is 10.4 Å². The van der Waals surface area contributed by atoms with Crippen LogP contribution >= 0.6 is 0 Å². The number of aryl methyl sites for hydroxylation is 2. The SMILES string of the molecule is Cc1nn(C)c(NC(C)CCS(C)=O)c1[N+](=O)[O-]. The average Bonchev–Trinajstić information content (AvgIpc) is 2.51. The summed E-state index contributed by atoms with van der Waals surface area (Å²) >= 11 is 0. The molecular formula is C10H18N4O3S. The fourth-order valence-electron chi connectivity index (χ4n) is 1.68. The van der Waals surface area contributed by atoms with Crippen LogP contribution < -0.4 is 5.32 Å². The lowest BCUT2D eigenvalue weighted by atomic mass is 10.2. The van der Waals surface area contributed by atoms with Crippen LogP contribution in [0.4, 0.5) is 11.5 Å². The number of nitrogens with zero attached hydrogens (tertiary/aromatic N) is 3. The van der Waals surface area contributed by atoms with Gasteiger partial charge in [-0.1, -0.05) is 0 Å². The summed E-state index contributed by atoms with van der Waals surface area (Å²) in [7, 11) is 0.805. The Morgan fingerprint density at radius 1 is 1.61 bits per heavy atom. The fourth-order valence-corrected chi connectivity index (χ4v) is 2.36. The third-order valence-corrected chi connectivity index (χ3v) is 3.41. The van der Waals surface area contributed by atoms with Crippen LogP contribution in [-0.4, -0.2) is 37.0 Å². The van der Waals surface area contributed by atoms with E-state index < -0.39 is 15.7 Å². The summed E-state index contributed by atoms with van der Waals surface area (Å²) in [5.74, 6) is 0.964. The lowest BCUT2D eigenvalue weighted by Crippen LogP contribution is -2.20. The zero-order chi connectivity index (χ0) is 13.9. The van der Waals surface area contributed by atoms with Crippen molar-refractivity contribution in [3.05, 3.63) is 15.8 Å². The van der Waals surface area contributed by atoms with Crippen LogP contribution in [0.1, 0.15) is 19.0 Å². The van der Waals surface area contributed by atoms with Crippen molar-refractivity contribution in [3.63, 3.8) is 0 Å². The third-order valence-electron chi connectivity index (χ3n) is 2.59. The van der Waals surface area contributed by atoms with E-state index in [0.29, 0.717) is 23.7 Å². The van der Waals surface area contributed by atoms with Crippen LogP contribution in [0, 0.1) is 17.0 Å². The van der Waals surface area contributed by atoms with Gasteiger partial charge >= 0.3 is 5.69 Å². The molecule has 1 rings (SSSR count). The molecule has 0 bridgehead atoms. The lowest BCUT2D eigenvalue weighted by Gasteiger charge is -2.13. The first-order chi connectivity index (χ1) is 8.32. The van der Waals surface area contributed by atoms with Gasteiger partial charge in [-0.05, 0) is 20.3 Å². The first-order valence-electron chi connectivity index (χ1n) is 5.57. The third kappa shape index (κ3) is 3.52. The normalized spacial score (nSPS) is 14.2. The molecule has 1 aromatic heterocycles. The molecule has 0 aromatic carbocycles. The zero-order valence-corrected chi connectivity index (χ0v) is 11.8. The fraction of sp³-hybridized carbons (Fsp3) is 0.700. The molecule has 0 saturated carbocycles. The van der Waals surface area contributed by atoms with Gasteiger partial charge in [0.25, 0.3) is 0 Å². The van der Waals surface area contributed by atoms with Gasteiger partial charge < -0.3 is 5.32 Å². The Hall–Kier alpha value is -1.44. The Kier molecular flexibility index (Phi) is 4.83. The molecule has 1 N–H and O–H groups in total. The predicted molar refractivity (Wildman–Crippen MR) is 71.2 cm³/mol. The molecule has 18 heavy (non-hydrogen) atoms. The van der Waals surface area contributed by atoms with E-state index >= 15 is 0 Å². The highest BCUT2D eigenvalue weighted by molar-refractivity contribution is 7.84. The molecule has 0 aliphatic heterocycles. The van der Waals surface area contributed by atoms with E-state index in [1.165, 1.54) is 4.68 Å². The number of nitro groups is 1. The van der Waals surface area contributed by atoms with E-state index in [1.54, 1.807) is 20.2 Å². The molecule has 1 aromatic rings. The van der Waals surface area contributed by atoms with Crippen molar-refractivity contribution < 1.29 is 9.13 Å². The van der Waals surface area contributed by atoms with Crippen molar-refractivity contribution in [1.29, 1.82) is 0 Å². The second-order valence-corrected chi connectivity index (χ2v) is 5.83. The molecule has 0 amide bonds. The van der Waals surface area contributed by atoms with E-state index in [1.807, 2.05) is 6.92 Å². The van der Waals surface area contributed by atoms with Crippen LogP contribution in [0.2, 0.25) is 0 Å². The van der Waals surface area contributed by atoms with Gasteiger partial charge in [0.05, 0.1) is 4.92 Å². The highest BCUT2D eigenvalue weighted by Gasteiger charge is 2.24. The minimum Gasteiger partial charge on any atom is -0.362 e. The van der Waals surface area contributed by atoms with Crippen molar-refractivity contribution in [3.8, 4) is 0 Å². The maximum Gasteiger partial charge on any atom is 0.333 e. The van der Waals surface area contributed by atoms with E-state index in [0.717, 1.165) is 0 Å². The van der Waals surface area contributed by atoms with Crippen molar-refractivity contribution in [2.45, 2.75) is 26.3 Å². The first kappa shape index (κ1) is 14.6. The Morgan fingerprint density at radius 3 is 2.72 bits per heavy atom. The highest BCUT2D eigenvalue weighted by Crippen LogP contribution is 2.27. The van der Waals surface area contributed by atoms with Crippen LogP contribution in [-0.2, 0) is 17.8 Å². The Balaban J connectivity index is 2.83. The number of rotatable bonds is 6. The molecule has 7 nitrogen and oxygen atoms in total. The first-order valence-corrected chi connectivity index (χ1v) is 7.30. The second-order valence-electron chi connectivity index (χ2n) is 4.27. The molecule has 2 unspecified atom stereocenters. The largest absolute Gasteiger partial charge is 0.362 e. The molecule has 0 radical (unpaired) electrons. The summed E-state index contributed by atoms with van der Waals surface area (Å²) in [6.07, 6.45) is 2.33. The molecule has 0 aliphatic rings. The number of hydrogen-bond acceptors (Lipinski definition) is 5. The molecule has 2 atom stereocenters. The quantitative estimate of drug-likeness (QED) is 0.622. The summed E-state index contributed by atoms with van der Waals surface area (Å²) in [6, 6.07) is 0.00222. The summed E-state index contributed by atoms with van der Waals surface area (Å²) in [4.78, 5) is 10.5. The second kappa shape index (κ2) is 5.94. The van der Waals surface area contributed by atoms with Crippen LogP contribution in [0.3, 0.4) is 0 Å². The van der Waals surface area contributed by atoms with Crippen LogP contribution in [0.25, 0.3) is 0 Å². The maximum atomic E-state index is 11.0. The molecule has 8 heteroatoms. The number of hydrogen-bond donors (Lipinski definition) is 1. The number of anilines is 1. The van der Waals surface area contributed by atoms with Gasteiger partial charge in [0.2, 0.25) is 5.82 Å². The van der Waals surface area contributed by atoms with Gasteiger partial charge in [-0.15, -0.1) is 0 Å². The molecule has 0 aliphatic carbocycles. The van der Waals surface area contributed by atoms with Gasteiger partial charge in [-0.2, -0.15) is 5.10 Å². The molecular weight excluding hydrogens is 256 g/mol. The van der Waals surface area contributed by atoms with E-state index in [4.69, 9.17) is 0 Å².